The normalized spacial score (nSPS) is 19.3. The zero-order valence-electron chi connectivity index (χ0n) is 17.9. The second-order valence-corrected chi connectivity index (χ2v) is 9.05. The molecule has 0 unspecified atom stereocenters. The summed E-state index contributed by atoms with van der Waals surface area (Å²) in [5.41, 5.74) is 0. The van der Waals surface area contributed by atoms with Gasteiger partial charge in [-0.15, -0.1) is 11.3 Å². The van der Waals surface area contributed by atoms with Crippen LogP contribution >= 0.6 is 11.3 Å². The van der Waals surface area contributed by atoms with Gasteiger partial charge in [-0.05, 0) is 56.3 Å². The van der Waals surface area contributed by atoms with Crippen LogP contribution in [0.4, 0.5) is 5.95 Å². The molecule has 0 atom stereocenters. The molecule has 2 saturated heterocycles. The smallest absolute Gasteiger partial charge is 0.225 e. The van der Waals surface area contributed by atoms with E-state index >= 15 is 0 Å². The molecule has 2 aromatic rings. The van der Waals surface area contributed by atoms with Crippen LogP contribution in [0.5, 0.6) is 0 Å². The molecule has 162 valence electrons. The van der Waals surface area contributed by atoms with E-state index in [0.717, 1.165) is 57.7 Å². The lowest BCUT2D eigenvalue weighted by Gasteiger charge is -2.37. The molecule has 2 aromatic heterocycles. The van der Waals surface area contributed by atoms with Crippen LogP contribution in [0.3, 0.4) is 0 Å². The van der Waals surface area contributed by atoms with Gasteiger partial charge >= 0.3 is 0 Å². The lowest BCUT2D eigenvalue weighted by Crippen LogP contribution is -2.53. The molecular weight excluding hydrogens is 394 g/mol. The van der Waals surface area contributed by atoms with E-state index in [1.807, 2.05) is 29.8 Å². The molecule has 0 aromatic carbocycles. The van der Waals surface area contributed by atoms with Gasteiger partial charge in [-0.2, -0.15) is 0 Å². The number of thiophene rings is 1. The highest BCUT2D eigenvalue weighted by Crippen LogP contribution is 2.21. The van der Waals surface area contributed by atoms with Gasteiger partial charge in [-0.25, -0.2) is 9.97 Å². The van der Waals surface area contributed by atoms with Gasteiger partial charge in [-0.1, -0.05) is 6.07 Å². The molecule has 0 radical (unpaired) electrons. The molecular formula is C22H33N7S. The van der Waals surface area contributed by atoms with Crippen molar-refractivity contribution in [2.45, 2.75) is 26.3 Å². The van der Waals surface area contributed by atoms with Crippen LogP contribution < -0.4 is 10.2 Å². The Morgan fingerprint density at radius 1 is 1.10 bits per heavy atom. The zero-order valence-corrected chi connectivity index (χ0v) is 18.7. The molecule has 0 aliphatic carbocycles. The van der Waals surface area contributed by atoms with Crippen molar-refractivity contribution in [2.24, 2.45) is 10.9 Å². The van der Waals surface area contributed by atoms with Gasteiger partial charge in [0.1, 0.15) is 0 Å². The van der Waals surface area contributed by atoms with Crippen molar-refractivity contribution in [3.8, 4) is 0 Å². The fourth-order valence-electron chi connectivity index (χ4n) is 4.16. The number of guanidine groups is 1. The van der Waals surface area contributed by atoms with E-state index in [-0.39, 0.29) is 0 Å². The van der Waals surface area contributed by atoms with E-state index in [2.05, 4.69) is 54.4 Å². The monoisotopic (exact) mass is 427 g/mol. The highest BCUT2D eigenvalue weighted by atomic mass is 32.1. The van der Waals surface area contributed by atoms with Crippen LogP contribution in [-0.2, 0) is 6.54 Å². The van der Waals surface area contributed by atoms with E-state index < -0.39 is 0 Å². The number of piperazine rings is 1. The Balaban J connectivity index is 1.25. The van der Waals surface area contributed by atoms with E-state index in [4.69, 9.17) is 4.99 Å². The van der Waals surface area contributed by atoms with Gasteiger partial charge in [0.15, 0.2) is 5.96 Å². The molecule has 4 heterocycles. The molecule has 2 aliphatic heterocycles. The summed E-state index contributed by atoms with van der Waals surface area (Å²) in [4.78, 5) is 22.5. The molecule has 0 spiro atoms. The Kier molecular flexibility index (Phi) is 7.53. The van der Waals surface area contributed by atoms with Crippen LogP contribution in [0.2, 0.25) is 0 Å². The number of rotatable bonds is 6. The molecule has 0 bridgehead atoms. The van der Waals surface area contributed by atoms with Gasteiger partial charge < -0.3 is 15.1 Å². The van der Waals surface area contributed by atoms with Gasteiger partial charge in [0, 0.05) is 63.1 Å². The average Bonchev–Trinajstić information content (AvgIpc) is 3.31. The Morgan fingerprint density at radius 3 is 2.53 bits per heavy atom. The van der Waals surface area contributed by atoms with Gasteiger partial charge in [0.25, 0.3) is 0 Å². The topological polar surface area (TPSA) is 59.9 Å². The quantitative estimate of drug-likeness (QED) is 0.565. The third-order valence-corrected chi connectivity index (χ3v) is 6.78. The van der Waals surface area contributed by atoms with E-state index in [1.165, 1.54) is 30.8 Å². The largest absolute Gasteiger partial charge is 0.357 e. The fraction of sp³-hybridized carbons (Fsp3) is 0.591. The van der Waals surface area contributed by atoms with Gasteiger partial charge in [0.2, 0.25) is 5.95 Å². The van der Waals surface area contributed by atoms with Gasteiger partial charge in [0.05, 0.1) is 0 Å². The number of nitrogens with one attached hydrogen (secondary N) is 1. The molecule has 1 N–H and O–H groups in total. The van der Waals surface area contributed by atoms with Gasteiger partial charge in [-0.3, -0.25) is 9.89 Å². The molecule has 0 saturated carbocycles. The zero-order chi connectivity index (χ0) is 20.6. The van der Waals surface area contributed by atoms with E-state index in [0.29, 0.717) is 5.92 Å². The second kappa shape index (κ2) is 10.7. The number of hydrogen-bond donors (Lipinski definition) is 1. The van der Waals surface area contributed by atoms with Crippen LogP contribution in [0.1, 0.15) is 24.6 Å². The Labute approximate surface area is 183 Å². The minimum absolute atomic E-state index is 0.692. The number of piperidine rings is 1. The SMILES string of the molecule is CCNC(=NCC1CCN(Cc2cccs2)CC1)N1CCN(c2ncccn2)CC1. The predicted molar refractivity (Wildman–Crippen MR) is 124 cm³/mol. The second-order valence-electron chi connectivity index (χ2n) is 8.02. The van der Waals surface area contributed by atoms with Crippen molar-refractivity contribution < 1.29 is 0 Å². The summed E-state index contributed by atoms with van der Waals surface area (Å²) in [5, 5.41) is 5.67. The first-order valence-electron chi connectivity index (χ1n) is 11.1. The number of nitrogens with zero attached hydrogens (tertiary/aromatic N) is 6. The Hall–Kier alpha value is -2.19. The lowest BCUT2D eigenvalue weighted by molar-refractivity contribution is 0.181. The molecule has 8 heteroatoms. The minimum Gasteiger partial charge on any atom is -0.357 e. The number of likely N-dealkylation sites (tertiary alicyclic amines) is 1. The summed E-state index contributed by atoms with van der Waals surface area (Å²) in [7, 11) is 0. The molecule has 2 aliphatic rings. The summed E-state index contributed by atoms with van der Waals surface area (Å²) in [5.74, 6) is 2.58. The Bertz CT molecular complexity index is 764. The minimum atomic E-state index is 0.692. The molecule has 0 amide bonds. The summed E-state index contributed by atoms with van der Waals surface area (Å²) >= 11 is 1.86. The van der Waals surface area contributed by atoms with Crippen LogP contribution in [-0.4, -0.2) is 78.1 Å². The number of hydrogen-bond acceptors (Lipinski definition) is 6. The summed E-state index contributed by atoms with van der Waals surface area (Å²) in [6, 6.07) is 6.26. The highest BCUT2D eigenvalue weighted by Gasteiger charge is 2.23. The number of aliphatic imine (C=N–C) groups is 1. The first-order valence-corrected chi connectivity index (χ1v) is 12.0. The van der Waals surface area contributed by atoms with Crippen molar-refractivity contribution in [3.63, 3.8) is 0 Å². The van der Waals surface area contributed by atoms with E-state index in [9.17, 15) is 0 Å². The first kappa shape index (κ1) is 21.1. The van der Waals surface area contributed by atoms with Crippen LogP contribution in [0.25, 0.3) is 0 Å². The van der Waals surface area contributed by atoms with Crippen LogP contribution in [0.15, 0.2) is 41.0 Å². The molecule has 2 fully saturated rings. The van der Waals surface area contributed by atoms with Crippen molar-refractivity contribution in [1.82, 2.24) is 25.1 Å². The fourth-order valence-corrected chi connectivity index (χ4v) is 4.91. The van der Waals surface area contributed by atoms with Crippen molar-refractivity contribution >= 4 is 23.2 Å². The van der Waals surface area contributed by atoms with E-state index in [1.54, 1.807) is 0 Å². The molecule has 7 nitrogen and oxygen atoms in total. The third kappa shape index (κ3) is 5.70. The summed E-state index contributed by atoms with van der Waals surface area (Å²) in [6.45, 7) is 11.2. The first-order chi connectivity index (χ1) is 14.8. The third-order valence-electron chi connectivity index (χ3n) is 5.92. The summed E-state index contributed by atoms with van der Waals surface area (Å²) in [6.07, 6.45) is 6.11. The standard InChI is InChI=1S/C22H33N7S/c1-2-23-21(28-12-14-29(15-13-28)22-24-8-4-9-25-22)26-17-19-6-10-27(11-7-19)18-20-5-3-16-30-20/h3-5,8-9,16,19H,2,6-7,10-15,17-18H2,1H3,(H,23,26). The van der Waals surface area contributed by atoms with Crippen molar-refractivity contribution in [3.05, 3.63) is 40.8 Å². The molecule has 30 heavy (non-hydrogen) atoms. The maximum atomic E-state index is 5.02. The molecule has 4 rings (SSSR count). The Morgan fingerprint density at radius 2 is 1.87 bits per heavy atom. The highest BCUT2D eigenvalue weighted by molar-refractivity contribution is 7.09. The average molecular weight is 428 g/mol. The number of aromatic nitrogens is 2. The lowest BCUT2D eigenvalue weighted by atomic mass is 9.97. The summed E-state index contributed by atoms with van der Waals surface area (Å²) < 4.78 is 0. The maximum absolute atomic E-state index is 5.02. The van der Waals surface area contributed by atoms with Crippen LogP contribution in [0, 0.1) is 5.92 Å². The predicted octanol–water partition coefficient (Wildman–Crippen LogP) is 2.54. The maximum Gasteiger partial charge on any atom is 0.225 e. The van der Waals surface area contributed by atoms with Crippen molar-refractivity contribution in [1.29, 1.82) is 0 Å². The number of anilines is 1. The van der Waals surface area contributed by atoms with Crippen molar-refractivity contribution in [2.75, 3.05) is 57.3 Å².